The van der Waals surface area contributed by atoms with Gasteiger partial charge in [0.2, 0.25) is 0 Å². The summed E-state index contributed by atoms with van der Waals surface area (Å²) < 4.78 is 0. The highest BCUT2D eigenvalue weighted by Crippen LogP contribution is 2.20. The second-order valence-electron chi connectivity index (χ2n) is 3.52. The molecule has 0 aliphatic heterocycles. The monoisotopic (exact) mass is 220 g/mol. The van der Waals surface area contributed by atoms with Crippen LogP contribution < -0.4 is 0 Å². The third-order valence-corrected chi connectivity index (χ3v) is 3.54. The van der Waals surface area contributed by atoms with Crippen molar-refractivity contribution in [2.45, 2.75) is 33.1 Å². The van der Waals surface area contributed by atoms with E-state index in [1.54, 1.807) is 0 Å². The summed E-state index contributed by atoms with van der Waals surface area (Å²) in [6, 6.07) is 10.7. The van der Waals surface area contributed by atoms with Gasteiger partial charge in [-0.15, -0.1) is 11.8 Å². The molecule has 1 heteroatoms. The fourth-order valence-electron chi connectivity index (χ4n) is 1.48. The molecule has 0 aliphatic rings. The van der Waals surface area contributed by atoms with Crippen LogP contribution in [-0.2, 0) is 6.42 Å². The van der Waals surface area contributed by atoms with Crippen LogP contribution in [0.3, 0.4) is 0 Å². The van der Waals surface area contributed by atoms with Gasteiger partial charge in [0.1, 0.15) is 0 Å². The number of aryl methyl sites for hydroxylation is 1. The summed E-state index contributed by atoms with van der Waals surface area (Å²) in [5.41, 5.74) is 1.44. The van der Waals surface area contributed by atoms with Gasteiger partial charge in [0.05, 0.1) is 0 Å². The minimum absolute atomic E-state index is 1.15. The second-order valence-corrected chi connectivity index (χ2v) is 4.74. The van der Waals surface area contributed by atoms with Crippen molar-refractivity contribution in [1.29, 1.82) is 0 Å². The normalized spacial score (nSPS) is 11.7. The third kappa shape index (κ3) is 5.08. The standard InChI is InChI=1S/C14H20S/c1-3-8-14(4-2)15-12-11-13-9-6-5-7-10-13/h5-10H,3-4,11-12H2,1-2H3/b14-8+. The van der Waals surface area contributed by atoms with E-state index in [-0.39, 0.29) is 0 Å². The molecule has 0 atom stereocenters. The molecule has 0 saturated heterocycles. The zero-order valence-corrected chi connectivity index (χ0v) is 10.5. The van der Waals surface area contributed by atoms with E-state index in [1.165, 1.54) is 29.1 Å². The van der Waals surface area contributed by atoms with Gasteiger partial charge in [-0.1, -0.05) is 50.3 Å². The minimum Gasteiger partial charge on any atom is -0.131 e. The lowest BCUT2D eigenvalue weighted by atomic mass is 10.2. The van der Waals surface area contributed by atoms with Crippen molar-refractivity contribution in [3.05, 3.63) is 46.9 Å². The van der Waals surface area contributed by atoms with Crippen molar-refractivity contribution in [1.82, 2.24) is 0 Å². The van der Waals surface area contributed by atoms with E-state index in [0.29, 0.717) is 0 Å². The second kappa shape index (κ2) is 7.58. The number of hydrogen-bond donors (Lipinski definition) is 0. The molecular formula is C14H20S. The van der Waals surface area contributed by atoms with Crippen molar-refractivity contribution in [3.8, 4) is 0 Å². The number of rotatable bonds is 6. The van der Waals surface area contributed by atoms with Crippen molar-refractivity contribution >= 4 is 11.8 Å². The zero-order valence-electron chi connectivity index (χ0n) is 9.70. The molecule has 0 unspecified atom stereocenters. The summed E-state index contributed by atoms with van der Waals surface area (Å²) in [6.07, 6.45) is 5.84. The predicted molar refractivity (Wildman–Crippen MR) is 71.3 cm³/mol. The summed E-state index contributed by atoms with van der Waals surface area (Å²) in [6.45, 7) is 4.43. The SMILES string of the molecule is CC/C=C(\CC)SCCc1ccccc1. The molecule has 0 aromatic heterocycles. The van der Waals surface area contributed by atoms with E-state index in [4.69, 9.17) is 0 Å². The van der Waals surface area contributed by atoms with Gasteiger partial charge in [-0.3, -0.25) is 0 Å². The Labute approximate surface area is 97.8 Å². The fourth-order valence-corrected chi connectivity index (χ4v) is 2.57. The Morgan fingerprint density at radius 2 is 1.93 bits per heavy atom. The fraction of sp³-hybridized carbons (Fsp3) is 0.429. The molecule has 0 radical (unpaired) electrons. The molecule has 0 bridgehead atoms. The van der Waals surface area contributed by atoms with Gasteiger partial charge < -0.3 is 0 Å². The van der Waals surface area contributed by atoms with E-state index in [0.717, 1.165) is 6.42 Å². The van der Waals surface area contributed by atoms with Crippen LogP contribution in [-0.4, -0.2) is 5.75 Å². The van der Waals surface area contributed by atoms with Crippen LogP contribution in [0, 0.1) is 0 Å². The van der Waals surface area contributed by atoms with Crippen molar-refractivity contribution in [2.75, 3.05) is 5.75 Å². The van der Waals surface area contributed by atoms with Crippen LogP contribution in [0.15, 0.2) is 41.3 Å². The summed E-state index contributed by atoms with van der Waals surface area (Å²) in [4.78, 5) is 1.54. The molecule has 0 saturated carbocycles. The Hall–Kier alpha value is -0.690. The Kier molecular flexibility index (Phi) is 6.26. The highest BCUT2D eigenvalue weighted by molar-refractivity contribution is 8.03. The minimum atomic E-state index is 1.15. The summed E-state index contributed by atoms with van der Waals surface area (Å²) in [5.74, 6) is 1.20. The maximum atomic E-state index is 2.34. The van der Waals surface area contributed by atoms with E-state index in [9.17, 15) is 0 Å². The highest BCUT2D eigenvalue weighted by atomic mass is 32.2. The Balaban J connectivity index is 2.30. The molecule has 0 N–H and O–H groups in total. The molecule has 0 aliphatic carbocycles. The molecule has 1 rings (SSSR count). The van der Waals surface area contributed by atoms with Gasteiger partial charge in [-0.25, -0.2) is 0 Å². The van der Waals surface area contributed by atoms with Crippen LogP contribution in [0.1, 0.15) is 32.3 Å². The van der Waals surface area contributed by atoms with Crippen molar-refractivity contribution in [2.24, 2.45) is 0 Å². The molecule has 1 aromatic rings. The van der Waals surface area contributed by atoms with Gasteiger partial charge in [0.15, 0.2) is 0 Å². The lowest BCUT2D eigenvalue weighted by Crippen LogP contribution is -1.88. The summed E-state index contributed by atoms with van der Waals surface area (Å²) in [7, 11) is 0. The molecule has 15 heavy (non-hydrogen) atoms. The topological polar surface area (TPSA) is 0 Å². The average molecular weight is 220 g/mol. The Morgan fingerprint density at radius 1 is 1.20 bits per heavy atom. The summed E-state index contributed by atoms with van der Waals surface area (Å²) >= 11 is 2.00. The molecule has 1 aromatic carbocycles. The first kappa shape index (κ1) is 12.4. The molecule has 0 amide bonds. The van der Waals surface area contributed by atoms with Crippen molar-refractivity contribution < 1.29 is 0 Å². The van der Waals surface area contributed by atoms with E-state index in [1.807, 2.05) is 11.8 Å². The molecule has 0 nitrogen and oxygen atoms in total. The first-order valence-corrected chi connectivity index (χ1v) is 6.71. The average Bonchev–Trinajstić information content (AvgIpc) is 2.29. The largest absolute Gasteiger partial charge is 0.131 e. The smallest absolute Gasteiger partial charge is 0.00172 e. The lowest BCUT2D eigenvalue weighted by Gasteiger charge is -2.04. The quantitative estimate of drug-likeness (QED) is 0.671. The molecular weight excluding hydrogens is 200 g/mol. The highest BCUT2D eigenvalue weighted by Gasteiger charge is 1.96. The van der Waals surface area contributed by atoms with Crippen LogP contribution in [0.2, 0.25) is 0 Å². The lowest BCUT2D eigenvalue weighted by molar-refractivity contribution is 1.12. The number of benzene rings is 1. The van der Waals surface area contributed by atoms with E-state index < -0.39 is 0 Å². The third-order valence-electron chi connectivity index (χ3n) is 2.30. The molecule has 0 fully saturated rings. The Morgan fingerprint density at radius 3 is 2.53 bits per heavy atom. The summed E-state index contributed by atoms with van der Waals surface area (Å²) in [5, 5.41) is 0. The maximum Gasteiger partial charge on any atom is 0.00172 e. The predicted octanol–water partition coefficient (Wildman–Crippen LogP) is 4.67. The molecule has 0 heterocycles. The van der Waals surface area contributed by atoms with Crippen molar-refractivity contribution in [3.63, 3.8) is 0 Å². The van der Waals surface area contributed by atoms with Crippen LogP contribution >= 0.6 is 11.8 Å². The molecule has 0 spiro atoms. The van der Waals surface area contributed by atoms with Crippen LogP contribution in [0.5, 0.6) is 0 Å². The first-order chi connectivity index (χ1) is 7.36. The number of thioether (sulfide) groups is 1. The number of hydrogen-bond acceptors (Lipinski definition) is 1. The number of allylic oxidation sites excluding steroid dienone is 2. The molecule has 82 valence electrons. The van der Waals surface area contributed by atoms with Gasteiger partial charge in [-0.05, 0) is 29.7 Å². The maximum absolute atomic E-state index is 2.34. The van der Waals surface area contributed by atoms with Gasteiger partial charge in [0.25, 0.3) is 0 Å². The van der Waals surface area contributed by atoms with Gasteiger partial charge >= 0.3 is 0 Å². The van der Waals surface area contributed by atoms with E-state index in [2.05, 4.69) is 50.3 Å². The zero-order chi connectivity index (χ0) is 10.9. The van der Waals surface area contributed by atoms with Gasteiger partial charge in [0, 0.05) is 5.75 Å². The van der Waals surface area contributed by atoms with Crippen LogP contribution in [0.25, 0.3) is 0 Å². The van der Waals surface area contributed by atoms with Gasteiger partial charge in [-0.2, -0.15) is 0 Å². The van der Waals surface area contributed by atoms with E-state index >= 15 is 0 Å². The van der Waals surface area contributed by atoms with Crippen LogP contribution in [0.4, 0.5) is 0 Å². The first-order valence-electron chi connectivity index (χ1n) is 5.72. The Bertz CT molecular complexity index is 287.